The Labute approximate surface area is 288 Å². The zero-order chi connectivity index (χ0) is 31.4. The van der Waals surface area contributed by atoms with Crippen molar-refractivity contribution in [3.8, 4) is 0 Å². The molecule has 0 radical (unpaired) electrons. The summed E-state index contributed by atoms with van der Waals surface area (Å²) in [7, 11) is 0. The average molecular weight is 697 g/mol. The molecule has 7 N–H and O–H groups in total. The Morgan fingerprint density at radius 2 is 0.787 bits per heavy atom. The standard InChI is InChI=1S/C10H20O4.C9H18O5.C9H18O4.6CH4/c1-4-13-10-8(5-11)9(12)6(2)7(3)14-10;1-3-13-9-8(12)7(11)5(2)6(4-10)14-9;1-4-12-9-8(11)7(10)5(2)6(3)13-9;;;;;;/h6-12H,4-5H2,1-3H3;5-12H,3-4H2,1-2H3;5-11H,4H2,1-3H3;6*1H4. The molecule has 3 saturated heterocycles. The summed E-state index contributed by atoms with van der Waals surface area (Å²) in [6.45, 7) is 15.8. The van der Waals surface area contributed by atoms with Crippen LogP contribution in [0.2, 0.25) is 0 Å². The van der Waals surface area contributed by atoms with E-state index in [9.17, 15) is 25.5 Å². The van der Waals surface area contributed by atoms with Crippen molar-refractivity contribution < 1.29 is 64.2 Å². The van der Waals surface area contributed by atoms with Crippen LogP contribution in [0, 0.1) is 23.7 Å². The molecule has 3 rings (SSSR count). The topological polar surface area (TPSA) is 197 Å². The minimum absolute atomic E-state index is 0. The zero-order valence-electron chi connectivity index (χ0n) is 25.8. The van der Waals surface area contributed by atoms with Gasteiger partial charge in [0.1, 0.15) is 12.2 Å². The number of rotatable bonds is 8. The second kappa shape index (κ2) is 29.2. The second-order valence-electron chi connectivity index (χ2n) is 10.9. The monoisotopic (exact) mass is 697 g/mol. The molecule has 0 saturated carbocycles. The fourth-order valence-electron chi connectivity index (χ4n) is 4.83. The molecule has 0 spiro atoms. The Hall–Kier alpha value is -0.520. The van der Waals surface area contributed by atoms with Gasteiger partial charge in [0.05, 0.1) is 55.8 Å². The minimum atomic E-state index is -1.05. The third kappa shape index (κ3) is 16.4. The molecule has 0 aromatic carbocycles. The smallest absolute Gasteiger partial charge is 0.186 e. The molecule has 3 aliphatic heterocycles. The van der Waals surface area contributed by atoms with Crippen molar-refractivity contribution in [3.05, 3.63) is 0 Å². The number of hydrogen-bond donors (Lipinski definition) is 7. The van der Waals surface area contributed by atoms with E-state index in [0.717, 1.165) is 0 Å². The van der Waals surface area contributed by atoms with Crippen LogP contribution in [0.1, 0.15) is 99.9 Å². The first-order valence-electron chi connectivity index (χ1n) is 14.7. The van der Waals surface area contributed by atoms with E-state index in [4.69, 9.17) is 38.6 Å². The molecule has 0 aliphatic carbocycles. The van der Waals surface area contributed by atoms with E-state index in [-0.39, 0.29) is 93.7 Å². The summed E-state index contributed by atoms with van der Waals surface area (Å²) in [6.07, 6.45) is -6.85. The van der Waals surface area contributed by atoms with Crippen LogP contribution in [-0.2, 0) is 28.4 Å². The summed E-state index contributed by atoms with van der Waals surface area (Å²) in [6, 6.07) is 0. The molecular formula is C34H80O13. The Bertz CT molecular complexity index is 686. The van der Waals surface area contributed by atoms with Gasteiger partial charge in [-0.1, -0.05) is 65.3 Å². The first kappa shape index (κ1) is 58.7. The number of ether oxygens (including phenoxy) is 6. The van der Waals surface area contributed by atoms with E-state index in [1.54, 1.807) is 13.8 Å². The van der Waals surface area contributed by atoms with Crippen LogP contribution in [-0.4, -0.2) is 136 Å². The lowest BCUT2D eigenvalue weighted by Gasteiger charge is -2.41. The van der Waals surface area contributed by atoms with Gasteiger partial charge in [0.2, 0.25) is 0 Å². The van der Waals surface area contributed by atoms with Crippen molar-refractivity contribution in [1.29, 1.82) is 0 Å². The highest BCUT2D eigenvalue weighted by Gasteiger charge is 2.43. The molecule has 294 valence electrons. The van der Waals surface area contributed by atoms with Gasteiger partial charge in [0.25, 0.3) is 0 Å². The van der Waals surface area contributed by atoms with Crippen LogP contribution in [0.15, 0.2) is 0 Å². The lowest BCUT2D eigenvalue weighted by Crippen LogP contribution is -2.55. The molecular weight excluding hydrogens is 616 g/mol. The largest absolute Gasteiger partial charge is 0.396 e. The van der Waals surface area contributed by atoms with E-state index in [1.807, 2.05) is 41.5 Å². The van der Waals surface area contributed by atoms with Crippen molar-refractivity contribution in [3.63, 3.8) is 0 Å². The summed E-state index contributed by atoms with van der Waals surface area (Å²) >= 11 is 0. The van der Waals surface area contributed by atoms with E-state index in [0.29, 0.717) is 19.8 Å². The van der Waals surface area contributed by atoms with E-state index in [1.165, 1.54) is 0 Å². The SMILES string of the molecule is C.C.C.C.C.C.CCOC1OC(C)C(C)C(O)C1CO.CCOC1OC(C)C(C)C(O)C1O.CCOC1OC(CO)C(C)C(O)C1O. The predicted molar refractivity (Wildman–Crippen MR) is 188 cm³/mol. The molecule has 3 aliphatic rings. The summed E-state index contributed by atoms with van der Waals surface area (Å²) in [5.74, 6) is -0.664. The van der Waals surface area contributed by atoms with Crippen LogP contribution in [0.25, 0.3) is 0 Å². The van der Waals surface area contributed by atoms with Crippen molar-refractivity contribution >= 4 is 0 Å². The number of aliphatic hydroxyl groups is 7. The minimum Gasteiger partial charge on any atom is -0.396 e. The maximum absolute atomic E-state index is 9.88. The van der Waals surface area contributed by atoms with Gasteiger partial charge in [-0.3, -0.25) is 0 Å². The highest BCUT2D eigenvalue weighted by molar-refractivity contribution is 4.87. The molecule has 3 fully saturated rings. The van der Waals surface area contributed by atoms with Gasteiger partial charge < -0.3 is 64.2 Å². The summed E-state index contributed by atoms with van der Waals surface area (Å²) in [5.41, 5.74) is 0. The fourth-order valence-corrected chi connectivity index (χ4v) is 4.83. The first-order valence-corrected chi connectivity index (χ1v) is 14.7. The normalized spacial score (nSPS) is 39.0. The summed E-state index contributed by atoms with van der Waals surface area (Å²) < 4.78 is 31.8. The van der Waals surface area contributed by atoms with Crippen LogP contribution in [0.3, 0.4) is 0 Å². The molecule has 13 nitrogen and oxygen atoms in total. The fraction of sp³-hybridized carbons (Fsp3) is 1.00. The highest BCUT2D eigenvalue weighted by atomic mass is 16.7. The van der Waals surface area contributed by atoms with Gasteiger partial charge in [0.15, 0.2) is 18.9 Å². The van der Waals surface area contributed by atoms with Crippen LogP contribution >= 0.6 is 0 Å². The number of hydrogen-bond acceptors (Lipinski definition) is 13. The Kier molecular flexibility index (Phi) is 36.5. The summed E-state index contributed by atoms with van der Waals surface area (Å²) in [4.78, 5) is 0. The molecule has 0 aromatic heterocycles. The lowest BCUT2D eigenvalue weighted by molar-refractivity contribution is -0.286. The average Bonchev–Trinajstić information content (AvgIpc) is 2.95. The first-order chi connectivity index (χ1) is 19.3. The Morgan fingerprint density at radius 3 is 1.17 bits per heavy atom. The van der Waals surface area contributed by atoms with E-state index >= 15 is 0 Å². The molecule has 13 heteroatoms. The summed E-state index contributed by atoms with van der Waals surface area (Å²) in [5, 5.41) is 66.4. The quantitative estimate of drug-likeness (QED) is 0.195. The van der Waals surface area contributed by atoms with Crippen LogP contribution in [0.5, 0.6) is 0 Å². The third-order valence-electron chi connectivity index (χ3n) is 8.12. The van der Waals surface area contributed by atoms with Gasteiger partial charge in [-0.15, -0.1) is 0 Å². The molecule has 0 aromatic rings. The van der Waals surface area contributed by atoms with Crippen molar-refractivity contribution in [2.24, 2.45) is 23.7 Å². The van der Waals surface area contributed by atoms with Crippen LogP contribution < -0.4 is 0 Å². The second-order valence-corrected chi connectivity index (χ2v) is 10.9. The lowest BCUT2D eigenvalue weighted by atomic mass is 9.86. The molecule has 15 atom stereocenters. The van der Waals surface area contributed by atoms with E-state index < -0.39 is 55.5 Å². The molecule has 15 unspecified atom stereocenters. The van der Waals surface area contributed by atoms with Gasteiger partial charge in [0, 0.05) is 37.6 Å². The maximum Gasteiger partial charge on any atom is 0.186 e. The van der Waals surface area contributed by atoms with Gasteiger partial charge in [-0.05, 0) is 34.6 Å². The van der Waals surface area contributed by atoms with Crippen LogP contribution in [0.4, 0.5) is 0 Å². The molecule has 3 heterocycles. The van der Waals surface area contributed by atoms with Crippen molar-refractivity contribution in [1.82, 2.24) is 0 Å². The van der Waals surface area contributed by atoms with E-state index in [2.05, 4.69) is 0 Å². The maximum atomic E-state index is 9.88. The third-order valence-corrected chi connectivity index (χ3v) is 8.12. The highest BCUT2D eigenvalue weighted by Crippen LogP contribution is 2.30. The molecule has 0 amide bonds. The Balaban J connectivity index is -0.000000126. The van der Waals surface area contributed by atoms with Gasteiger partial charge in [-0.2, -0.15) is 0 Å². The zero-order valence-corrected chi connectivity index (χ0v) is 25.8. The van der Waals surface area contributed by atoms with Crippen molar-refractivity contribution in [2.45, 2.75) is 168 Å². The Morgan fingerprint density at radius 1 is 0.447 bits per heavy atom. The molecule has 47 heavy (non-hydrogen) atoms. The van der Waals surface area contributed by atoms with Gasteiger partial charge >= 0.3 is 0 Å². The van der Waals surface area contributed by atoms with Crippen molar-refractivity contribution in [2.75, 3.05) is 33.0 Å². The number of aliphatic hydroxyl groups excluding tert-OH is 7. The van der Waals surface area contributed by atoms with Gasteiger partial charge in [-0.25, -0.2) is 0 Å². The predicted octanol–water partition coefficient (Wildman–Crippen LogP) is 3.41. The molecule has 0 bridgehead atoms.